The van der Waals surface area contributed by atoms with Crippen LogP contribution in [-0.4, -0.2) is 17.7 Å². The molecule has 3 nitrogen and oxygen atoms in total. The summed E-state index contributed by atoms with van der Waals surface area (Å²) >= 11 is 0. The van der Waals surface area contributed by atoms with Crippen molar-refractivity contribution in [3.05, 3.63) is 102 Å². The molecule has 3 rings (SSSR count). The molecule has 0 radical (unpaired) electrons. The highest BCUT2D eigenvalue weighted by molar-refractivity contribution is 5.93. The van der Waals surface area contributed by atoms with Crippen molar-refractivity contribution in [3.63, 3.8) is 0 Å². The number of hydrogen-bond donors (Lipinski definition) is 1. The monoisotopic (exact) mass is 360 g/mol. The zero-order valence-corrected chi connectivity index (χ0v) is 15.5. The third kappa shape index (κ3) is 3.59. The Morgan fingerprint density at radius 1 is 0.852 bits per heavy atom. The molecule has 0 aliphatic heterocycles. The molecule has 27 heavy (non-hydrogen) atoms. The summed E-state index contributed by atoms with van der Waals surface area (Å²) in [5.74, 6) is -0.313. The van der Waals surface area contributed by atoms with Gasteiger partial charge in [0, 0.05) is 5.56 Å². The fourth-order valence-electron chi connectivity index (χ4n) is 3.41. The number of phenols is 1. The number of para-hydroxylation sites is 1. The van der Waals surface area contributed by atoms with E-state index in [2.05, 4.69) is 6.92 Å². The Kier molecular flexibility index (Phi) is 5.92. The van der Waals surface area contributed by atoms with E-state index in [1.165, 1.54) is 0 Å². The van der Waals surface area contributed by atoms with Crippen LogP contribution in [0.25, 0.3) is 0 Å². The molecular weight excluding hydrogens is 336 g/mol. The van der Waals surface area contributed by atoms with Gasteiger partial charge in [0.05, 0.1) is 6.61 Å². The lowest BCUT2D eigenvalue weighted by molar-refractivity contribution is -0.147. The van der Waals surface area contributed by atoms with Gasteiger partial charge in [0.1, 0.15) is 11.2 Å². The third-order valence-electron chi connectivity index (χ3n) is 4.76. The second-order valence-corrected chi connectivity index (χ2v) is 6.49. The average molecular weight is 360 g/mol. The van der Waals surface area contributed by atoms with E-state index < -0.39 is 5.41 Å². The number of esters is 1. The van der Waals surface area contributed by atoms with Gasteiger partial charge in [-0.25, -0.2) is 0 Å². The molecule has 3 heteroatoms. The molecule has 138 valence electrons. The quantitative estimate of drug-likeness (QED) is 0.363. The van der Waals surface area contributed by atoms with Crippen LogP contribution in [0.3, 0.4) is 0 Å². The number of carbonyl (C=O) groups is 1. The molecule has 0 saturated carbocycles. The van der Waals surface area contributed by atoms with Crippen LogP contribution in [0.2, 0.25) is 0 Å². The molecule has 0 amide bonds. The maximum Gasteiger partial charge on any atom is 0.325 e. The van der Waals surface area contributed by atoms with Crippen molar-refractivity contribution >= 4 is 5.97 Å². The minimum atomic E-state index is -1.23. The first-order valence-electron chi connectivity index (χ1n) is 9.28. The molecule has 0 atom stereocenters. The van der Waals surface area contributed by atoms with E-state index in [1.807, 2.05) is 66.7 Å². The van der Waals surface area contributed by atoms with Gasteiger partial charge in [0.15, 0.2) is 0 Å². The Morgan fingerprint density at radius 3 is 1.89 bits per heavy atom. The lowest BCUT2D eigenvalue weighted by atomic mass is 9.69. The van der Waals surface area contributed by atoms with Gasteiger partial charge < -0.3 is 9.84 Å². The first kappa shape index (κ1) is 18.7. The molecule has 0 aliphatic carbocycles. The van der Waals surface area contributed by atoms with Gasteiger partial charge in [-0.1, -0.05) is 92.2 Å². The highest BCUT2D eigenvalue weighted by atomic mass is 16.5. The molecular formula is C24H24O3. The number of aromatic hydroxyl groups is 1. The lowest BCUT2D eigenvalue weighted by Gasteiger charge is -2.33. The lowest BCUT2D eigenvalue weighted by Crippen LogP contribution is -2.40. The van der Waals surface area contributed by atoms with Crippen LogP contribution >= 0.6 is 0 Å². The zero-order chi connectivity index (χ0) is 19.1. The molecule has 0 fully saturated rings. The molecule has 0 unspecified atom stereocenters. The summed E-state index contributed by atoms with van der Waals surface area (Å²) in [6.07, 6.45) is 1.74. The minimum Gasteiger partial charge on any atom is -0.508 e. The summed E-state index contributed by atoms with van der Waals surface area (Å²) < 4.78 is 5.72. The van der Waals surface area contributed by atoms with Crippen molar-refractivity contribution in [1.29, 1.82) is 0 Å². The largest absolute Gasteiger partial charge is 0.508 e. The van der Waals surface area contributed by atoms with E-state index in [-0.39, 0.29) is 11.7 Å². The number of ether oxygens (including phenoxy) is 1. The fraction of sp³-hybridized carbons (Fsp3) is 0.208. The summed E-state index contributed by atoms with van der Waals surface area (Å²) in [6.45, 7) is 2.41. The maximum atomic E-state index is 13.6. The number of benzene rings is 3. The van der Waals surface area contributed by atoms with Gasteiger partial charge in [-0.2, -0.15) is 0 Å². The van der Waals surface area contributed by atoms with Crippen LogP contribution in [0.1, 0.15) is 36.5 Å². The van der Waals surface area contributed by atoms with Crippen molar-refractivity contribution in [2.75, 3.05) is 6.61 Å². The number of phenolic OH excluding ortho intramolecular Hbond substituents is 1. The first-order valence-corrected chi connectivity index (χ1v) is 9.28. The van der Waals surface area contributed by atoms with Gasteiger partial charge in [-0.3, -0.25) is 4.79 Å². The second-order valence-electron chi connectivity index (χ2n) is 6.49. The molecule has 0 aliphatic rings. The van der Waals surface area contributed by atoms with E-state index in [4.69, 9.17) is 4.74 Å². The fourth-order valence-corrected chi connectivity index (χ4v) is 3.41. The standard InChI is InChI=1S/C24H24O3/c1-2-3-18-27-23(26)24(19-12-6-4-7-13-19,20-14-8-5-9-15-20)21-16-10-11-17-22(21)25/h4-17,25H,2-3,18H2,1H3. The number of unbranched alkanes of at least 4 members (excludes halogenated alkanes) is 1. The summed E-state index contributed by atoms with van der Waals surface area (Å²) in [6, 6.07) is 26.0. The topological polar surface area (TPSA) is 46.5 Å². The molecule has 1 N–H and O–H groups in total. The van der Waals surface area contributed by atoms with Crippen LogP contribution in [0.15, 0.2) is 84.9 Å². The molecule has 0 aromatic heterocycles. The summed E-state index contributed by atoms with van der Waals surface area (Å²) in [4.78, 5) is 13.6. The average Bonchev–Trinajstić information content (AvgIpc) is 2.72. The van der Waals surface area contributed by atoms with E-state index in [0.29, 0.717) is 12.2 Å². The number of carbonyl (C=O) groups excluding carboxylic acids is 1. The molecule has 0 saturated heterocycles. The van der Waals surface area contributed by atoms with Crippen molar-refractivity contribution in [3.8, 4) is 5.75 Å². The van der Waals surface area contributed by atoms with Crippen LogP contribution in [0.4, 0.5) is 0 Å². The smallest absolute Gasteiger partial charge is 0.325 e. The van der Waals surface area contributed by atoms with Crippen molar-refractivity contribution in [1.82, 2.24) is 0 Å². The van der Waals surface area contributed by atoms with Crippen LogP contribution < -0.4 is 0 Å². The van der Waals surface area contributed by atoms with Gasteiger partial charge in [0.2, 0.25) is 0 Å². The van der Waals surface area contributed by atoms with Gasteiger partial charge in [-0.15, -0.1) is 0 Å². The normalized spacial score (nSPS) is 11.1. The molecule has 0 spiro atoms. The van der Waals surface area contributed by atoms with Crippen molar-refractivity contribution in [2.24, 2.45) is 0 Å². The molecule has 3 aromatic carbocycles. The van der Waals surface area contributed by atoms with E-state index in [9.17, 15) is 9.90 Å². The van der Waals surface area contributed by atoms with Gasteiger partial charge in [0.25, 0.3) is 0 Å². The predicted octanol–water partition coefficient (Wildman–Crippen LogP) is 5.07. The highest BCUT2D eigenvalue weighted by Crippen LogP contribution is 2.44. The summed E-state index contributed by atoms with van der Waals surface area (Å²) in [7, 11) is 0. The van der Waals surface area contributed by atoms with E-state index in [1.54, 1.807) is 18.2 Å². The molecule has 0 heterocycles. The zero-order valence-electron chi connectivity index (χ0n) is 15.5. The van der Waals surface area contributed by atoms with E-state index >= 15 is 0 Å². The molecule has 3 aromatic rings. The first-order chi connectivity index (χ1) is 13.2. The Bertz CT molecular complexity index is 833. The minimum absolute atomic E-state index is 0.0673. The predicted molar refractivity (Wildman–Crippen MR) is 107 cm³/mol. The van der Waals surface area contributed by atoms with Crippen LogP contribution in [0.5, 0.6) is 5.75 Å². The number of hydrogen-bond acceptors (Lipinski definition) is 3. The van der Waals surface area contributed by atoms with Gasteiger partial charge >= 0.3 is 5.97 Å². The Morgan fingerprint density at radius 2 is 1.37 bits per heavy atom. The van der Waals surface area contributed by atoms with E-state index in [0.717, 1.165) is 24.0 Å². The number of rotatable bonds is 7. The Hall–Kier alpha value is -3.07. The highest BCUT2D eigenvalue weighted by Gasteiger charge is 2.46. The van der Waals surface area contributed by atoms with Gasteiger partial charge in [-0.05, 0) is 23.6 Å². The molecule has 0 bridgehead atoms. The van der Waals surface area contributed by atoms with Crippen LogP contribution in [-0.2, 0) is 14.9 Å². The van der Waals surface area contributed by atoms with Crippen molar-refractivity contribution < 1.29 is 14.6 Å². The summed E-state index contributed by atoms with van der Waals surface area (Å²) in [5, 5.41) is 10.7. The summed E-state index contributed by atoms with van der Waals surface area (Å²) in [5.41, 5.74) is 0.809. The Balaban J connectivity index is 2.29. The maximum absolute atomic E-state index is 13.6. The van der Waals surface area contributed by atoms with Crippen molar-refractivity contribution in [2.45, 2.75) is 25.2 Å². The SMILES string of the molecule is CCCCOC(=O)C(c1ccccc1)(c1ccccc1)c1ccccc1O. The third-order valence-corrected chi connectivity index (χ3v) is 4.76. The van der Waals surface area contributed by atoms with Crippen LogP contribution in [0, 0.1) is 0 Å². The Labute approximate surface area is 160 Å². The second kappa shape index (κ2) is 8.54.